The third-order valence-corrected chi connectivity index (χ3v) is 4.01. The average Bonchev–Trinajstić information content (AvgIpc) is 2.87. The predicted octanol–water partition coefficient (Wildman–Crippen LogP) is 4.01. The molecular weight excluding hydrogens is 290 g/mol. The molecule has 0 fully saturated rings. The zero-order valence-corrected chi connectivity index (χ0v) is 13.9. The minimum absolute atomic E-state index is 0.171. The maximum atomic E-state index is 12.7. The summed E-state index contributed by atoms with van der Waals surface area (Å²) in [5, 5.41) is 15.8. The molecule has 5 heteroatoms. The standard InChI is InChI=1S/C18H25N3O2/c1-3-4-5-6-10-13-16(20-23)17-14(2)19-21(18(17)22)15-11-8-7-9-12-15/h7-9,11-12,19,23H,3-6,10,13H2,1-2H3/b20-16-. The largest absolute Gasteiger partial charge is 0.411 e. The molecule has 0 aliphatic heterocycles. The van der Waals surface area contributed by atoms with E-state index < -0.39 is 0 Å². The van der Waals surface area contributed by atoms with Crippen LogP contribution in [0.5, 0.6) is 0 Å². The highest BCUT2D eigenvalue weighted by molar-refractivity contribution is 6.00. The van der Waals surface area contributed by atoms with Gasteiger partial charge in [-0.3, -0.25) is 9.89 Å². The molecule has 2 aromatic rings. The first-order valence-electron chi connectivity index (χ1n) is 8.27. The van der Waals surface area contributed by atoms with E-state index in [0.717, 1.165) is 24.2 Å². The Balaban J connectivity index is 2.18. The number of nitrogens with one attached hydrogen (secondary N) is 1. The summed E-state index contributed by atoms with van der Waals surface area (Å²) >= 11 is 0. The van der Waals surface area contributed by atoms with E-state index in [-0.39, 0.29) is 5.56 Å². The summed E-state index contributed by atoms with van der Waals surface area (Å²) in [6, 6.07) is 9.39. The number of aromatic nitrogens is 2. The Morgan fingerprint density at radius 2 is 1.87 bits per heavy atom. The molecule has 23 heavy (non-hydrogen) atoms. The zero-order valence-electron chi connectivity index (χ0n) is 13.9. The monoisotopic (exact) mass is 315 g/mol. The van der Waals surface area contributed by atoms with Crippen molar-refractivity contribution in [3.05, 3.63) is 51.9 Å². The van der Waals surface area contributed by atoms with E-state index in [1.807, 2.05) is 37.3 Å². The Hall–Kier alpha value is -2.30. The van der Waals surface area contributed by atoms with E-state index in [4.69, 9.17) is 0 Å². The number of nitrogens with zero attached hydrogens (tertiary/aromatic N) is 2. The molecule has 0 aliphatic carbocycles. The summed E-state index contributed by atoms with van der Waals surface area (Å²) in [5.74, 6) is 0. The number of rotatable bonds is 8. The van der Waals surface area contributed by atoms with Crippen molar-refractivity contribution in [1.29, 1.82) is 0 Å². The Morgan fingerprint density at radius 3 is 2.52 bits per heavy atom. The fraction of sp³-hybridized carbons (Fsp3) is 0.444. The van der Waals surface area contributed by atoms with Crippen molar-refractivity contribution in [1.82, 2.24) is 9.78 Å². The van der Waals surface area contributed by atoms with E-state index >= 15 is 0 Å². The van der Waals surface area contributed by atoms with Gasteiger partial charge in [0, 0.05) is 5.69 Å². The van der Waals surface area contributed by atoms with Crippen LogP contribution in [0.1, 0.15) is 56.7 Å². The van der Waals surface area contributed by atoms with Gasteiger partial charge in [0.15, 0.2) is 0 Å². The Morgan fingerprint density at radius 1 is 1.17 bits per heavy atom. The molecule has 2 rings (SSSR count). The second-order valence-electron chi connectivity index (χ2n) is 5.80. The Kier molecular flexibility index (Phi) is 6.20. The molecule has 0 aliphatic rings. The minimum atomic E-state index is -0.171. The van der Waals surface area contributed by atoms with Crippen molar-refractivity contribution in [2.45, 2.75) is 52.4 Å². The molecule has 0 atom stereocenters. The van der Waals surface area contributed by atoms with Gasteiger partial charge in [-0.1, -0.05) is 56.0 Å². The molecule has 0 radical (unpaired) electrons. The third kappa shape index (κ3) is 4.12. The van der Waals surface area contributed by atoms with Crippen LogP contribution in [0.4, 0.5) is 0 Å². The summed E-state index contributed by atoms with van der Waals surface area (Å²) in [7, 11) is 0. The van der Waals surface area contributed by atoms with Crippen molar-refractivity contribution in [3.63, 3.8) is 0 Å². The van der Waals surface area contributed by atoms with Crippen LogP contribution in [0.15, 0.2) is 40.3 Å². The van der Waals surface area contributed by atoms with Gasteiger partial charge in [0.2, 0.25) is 0 Å². The van der Waals surface area contributed by atoms with Crippen LogP contribution in [0.3, 0.4) is 0 Å². The number of para-hydroxylation sites is 1. The lowest BCUT2D eigenvalue weighted by atomic mass is 10.0. The van der Waals surface area contributed by atoms with Crippen molar-refractivity contribution < 1.29 is 5.21 Å². The molecular formula is C18H25N3O2. The van der Waals surface area contributed by atoms with Crippen LogP contribution >= 0.6 is 0 Å². The number of hydrogen-bond acceptors (Lipinski definition) is 3. The van der Waals surface area contributed by atoms with Crippen LogP contribution < -0.4 is 5.56 Å². The van der Waals surface area contributed by atoms with Gasteiger partial charge in [0.1, 0.15) is 0 Å². The van der Waals surface area contributed by atoms with Crippen LogP contribution in [-0.4, -0.2) is 20.7 Å². The van der Waals surface area contributed by atoms with Gasteiger partial charge < -0.3 is 5.21 Å². The van der Waals surface area contributed by atoms with Gasteiger partial charge in [-0.05, 0) is 31.9 Å². The Labute approximate surface area is 136 Å². The van der Waals surface area contributed by atoms with Crippen molar-refractivity contribution in [2.75, 3.05) is 0 Å². The van der Waals surface area contributed by atoms with Gasteiger partial charge in [0.25, 0.3) is 5.56 Å². The fourth-order valence-corrected chi connectivity index (χ4v) is 2.77. The van der Waals surface area contributed by atoms with Crippen molar-refractivity contribution in [2.24, 2.45) is 5.16 Å². The molecule has 124 valence electrons. The molecule has 0 saturated heterocycles. The first-order valence-corrected chi connectivity index (χ1v) is 8.27. The summed E-state index contributed by atoms with van der Waals surface area (Å²) < 4.78 is 1.49. The molecule has 5 nitrogen and oxygen atoms in total. The maximum absolute atomic E-state index is 12.7. The maximum Gasteiger partial charge on any atom is 0.280 e. The van der Waals surface area contributed by atoms with Gasteiger partial charge in [-0.15, -0.1) is 0 Å². The molecule has 1 aromatic heterocycles. The first kappa shape index (κ1) is 17.1. The van der Waals surface area contributed by atoms with Crippen LogP contribution in [0.2, 0.25) is 0 Å². The fourth-order valence-electron chi connectivity index (χ4n) is 2.77. The number of unbranched alkanes of at least 4 members (excludes halogenated alkanes) is 4. The van der Waals surface area contributed by atoms with Crippen LogP contribution in [-0.2, 0) is 0 Å². The van der Waals surface area contributed by atoms with Gasteiger partial charge in [0.05, 0.1) is 17.0 Å². The highest BCUT2D eigenvalue weighted by Gasteiger charge is 2.18. The van der Waals surface area contributed by atoms with E-state index in [1.54, 1.807) is 0 Å². The molecule has 1 heterocycles. The van der Waals surface area contributed by atoms with Crippen LogP contribution in [0, 0.1) is 6.92 Å². The summed E-state index contributed by atoms with van der Waals surface area (Å²) in [5.41, 5.74) is 2.27. The smallest absolute Gasteiger partial charge is 0.280 e. The zero-order chi connectivity index (χ0) is 16.7. The number of H-pyrrole nitrogens is 1. The highest BCUT2D eigenvalue weighted by Crippen LogP contribution is 2.13. The molecule has 0 spiro atoms. The second-order valence-corrected chi connectivity index (χ2v) is 5.80. The second kappa shape index (κ2) is 8.36. The lowest BCUT2D eigenvalue weighted by molar-refractivity contribution is 0.317. The number of oxime groups is 1. The lowest BCUT2D eigenvalue weighted by Crippen LogP contribution is -2.20. The topological polar surface area (TPSA) is 70.4 Å². The molecule has 0 bridgehead atoms. The van der Waals surface area contributed by atoms with Crippen molar-refractivity contribution in [3.8, 4) is 5.69 Å². The van der Waals surface area contributed by atoms with Crippen LogP contribution in [0.25, 0.3) is 5.69 Å². The molecule has 0 amide bonds. The molecule has 0 saturated carbocycles. The SMILES string of the molecule is CCCCCCC/C(=N/O)c1c(C)[nH]n(-c2ccccc2)c1=O. The summed E-state index contributed by atoms with van der Waals surface area (Å²) in [4.78, 5) is 12.7. The van der Waals surface area contributed by atoms with E-state index in [9.17, 15) is 10.0 Å². The normalized spacial score (nSPS) is 11.8. The molecule has 2 N–H and O–H groups in total. The lowest BCUT2D eigenvalue weighted by Gasteiger charge is -2.03. The summed E-state index contributed by atoms with van der Waals surface area (Å²) in [6.45, 7) is 4.01. The van der Waals surface area contributed by atoms with Gasteiger partial charge in [-0.2, -0.15) is 0 Å². The molecule has 0 unspecified atom stereocenters. The molecule has 1 aromatic carbocycles. The van der Waals surface area contributed by atoms with Crippen molar-refractivity contribution >= 4 is 5.71 Å². The van der Waals surface area contributed by atoms with E-state index in [1.165, 1.54) is 23.9 Å². The summed E-state index contributed by atoms with van der Waals surface area (Å²) in [6.07, 6.45) is 6.21. The van der Waals surface area contributed by atoms with E-state index in [0.29, 0.717) is 17.7 Å². The number of aryl methyl sites for hydroxylation is 1. The number of benzene rings is 1. The highest BCUT2D eigenvalue weighted by atomic mass is 16.4. The first-order chi connectivity index (χ1) is 11.2. The quantitative estimate of drug-likeness (QED) is 0.334. The average molecular weight is 315 g/mol. The van der Waals surface area contributed by atoms with E-state index in [2.05, 4.69) is 17.2 Å². The number of hydrogen-bond donors (Lipinski definition) is 2. The third-order valence-electron chi connectivity index (χ3n) is 4.01. The van der Waals surface area contributed by atoms with Gasteiger partial charge in [-0.25, -0.2) is 4.68 Å². The minimum Gasteiger partial charge on any atom is -0.411 e. The van der Waals surface area contributed by atoms with Gasteiger partial charge >= 0.3 is 0 Å². The number of aromatic amines is 1. The Bertz CT molecular complexity index is 699. The predicted molar refractivity (Wildman–Crippen MR) is 92.8 cm³/mol.